The van der Waals surface area contributed by atoms with Crippen LogP contribution in [0, 0.1) is 10.1 Å². The average Bonchev–Trinajstić information content (AvgIpc) is 2.85. The first-order chi connectivity index (χ1) is 9.54. The van der Waals surface area contributed by atoms with Crippen molar-refractivity contribution in [1.29, 1.82) is 0 Å². The van der Waals surface area contributed by atoms with Gasteiger partial charge in [-0.25, -0.2) is 15.1 Å². The molecule has 0 amide bonds. The number of thioether (sulfide) groups is 1. The Morgan fingerprint density at radius 3 is 3.00 bits per heavy atom. The lowest BCUT2D eigenvalue weighted by atomic mass is 10.1. The Kier molecular flexibility index (Phi) is 6.85. The minimum absolute atomic E-state index is 0.165. The second-order valence-corrected chi connectivity index (χ2v) is 5.44. The van der Waals surface area contributed by atoms with E-state index in [-0.39, 0.29) is 5.96 Å². The normalized spacial score (nSPS) is 11.7. The summed E-state index contributed by atoms with van der Waals surface area (Å²) in [5.74, 6) is 2.22. The van der Waals surface area contributed by atoms with Crippen LogP contribution >= 0.6 is 11.8 Å². The van der Waals surface area contributed by atoms with Crippen LogP contribution in [0.15, 0.2) is 11.4 Å². The fourth-order valence-electron chi connectivity index (χ4n) is 1.61. The van der Waals surface area contributed by atoms with Gasteiger partial charge in [-0.1, -0.05) is 13.8 Å². The number of hydrazone groups is 1. The molecule has 0 spiro atoms. The predicted octanol–water partition coefficient (Wildman–Crippen LogP) is 1.12. The molecule has 8 nitrogen and oxygen atoms in total. The Morgan fingerprint density at radius 2 is 2.40 bits per heavy atom. The van der Waals surface area contributed by atoms with E-state index in [0.717, 1.165) is 22.9 Å². The van der Waals surface area contributed by atoms with Gasteiger partial charge in [0.2, 0.25) is 0 Å². The van der Waals surface area contributed by atoms with Crippen LogP contribution in [0.3, 0.4) is 0 Å². The van der Waals surface area contributed by atoms with Crippen LogP contribution in [0.1, 0.15) is 31.2 Å². The van der Waals surface area contributed by atoms with E-state index in [0.29, 0.717) is 12.5 Å². The van der Waals surface area contributed by atoms with E-state index in [1.165, 1.54) is 0 Å². The lowest BCUT2D eigenvalue weighted by Gasteiger charge is -2.07. The Balaban J connectivity index is 2.28. The Bertz CT molecular complexity index is 460. The number of aromatic nitrogens is 2. The molecule has 0 bridgehead atoms. The summed E-state index contributed by atoms with van der Waals surface area (Å²) in [4.78, 5) is 17.7. The number of imidazole rings is 1. The molecule has 1 heterocycles. The van der Waals surface area contributed by atoms with E-state index in [9.17, 15) is 10.1 Å². The van der Waals surface area contributed by atoms with Crippen LogP contribution in [0.2, 0.25) is 0 Å². The van der Waals surface area contributed by atoms with Crippen LogP contribution < -0.4 is 10.6 Å². The second-order valence-electron chi connectivity index (χ2n) is 4.33. The number of nitro groups is 1. The highest BCUT2D eigenvalue weighted by molar-refractivity contribution is 7.98. The minimum Gasteiger partial charge on any atom is -0.354 e. The van der Waals surface area contributed by atoms with E-state index in [2.05, 4.69) is 39.6 Å². The molecule has 0 aliphatic rings. The van der Waals surface area contributed by atoms with Gasteiger partial charge in [0.1, 0.15) is 5.10 Å². The van der Waals surface area contributed by atoms with Gasteiger partial charge in [0.25, 0.3) is 5.96 Å². The van der Waals surface area contributed by atoms with Crippen molar-refractivity contribution >= 4 is 17.7 Å². The number of aromatic amines is 1. The number of rotatable bonds is 7. The van der Waals surface area contributed by atoms with Crippen LogP contribution in [0.25, 0.3) is 0 Å². The lowest BCUT2D eigenvalue weighted by molar-refractivity contribution is -0.485. The fraction of sp³-hybridized carbons (Fsp3) is 0.636. The van der Waals surface area contributed by atoms with E-state index in [1.807, 2.05) is 0 Å². The Hall–Kier alpha value is -1.77. The molecule has 3 N–H and O–H groups in total. The van der Waals surface area contributed by atoms with Crippen molar-refractivity contribution in [1.82, 2.24) is 20.6 Å². The number of nitrogens with zero attached hydrogens (tertiary/aromatic N) is 3. The van der Waals surface area contributed by atoms with Crippen LogP contribution in [0.4, 0.5) is 0 Å². The average molecular weight is 300 g/mol. The Morgan fingerprint density at radius 1 is 1.65 bits per heavy atom. The third-order valence-electron chi connectivity index (χ3n) is 2.52. The summed E-state index contributed by atoms with van der Waals surface area (Å²) in [5, 5.41) is 18.2. The first kappa shape index (κ1) is 16.3. The van der Waals surface area contributed by atoms with Crippen molar-refractivity contribution in [3.05, 3.63) is 27.8 Å². The zero-order valence-corrected chi connectivity index (χ0v) is 12.7. The summed E-state index contributed by atoms with van der Waals surface area (Å²) in [7, 11) is 1.58. The van der Waals surface area contributed by atoms with Gasteiger partial charge in [0, 0.05) is 30.8 Å². The third-order valence-corrected chi connectivity index (χ3v) is 3.50. The van der Waals surface area contributed by atoms with Gasteiger partial charge in [-0.05, 0) is 5.92 Å². The monoisotopic (exact) mass is 300 g/mol. The number of H-pyrrole nitrogens is 1. The molecular weight excluding hydrogens is 280 g/mol. The maximum atomic E-state index is 10.2. The van der Waals surface area contributed by atoms with E-state index in [1.54, 1.807) is 25.1 Å². The molecule has 9 heteroatoms. The summed E-state index contributed by atoms with van der Waals surface area (Å²) in [5.41, 5.74) is 2.23. The SMILES string of the molecule is CN/C(=N\[N+](=O)[O-])NCCSCc1nc[nH]c1C(C)C. The smallest absolute Gasteiger partial charge is 0.268 e. The number of nitrogens with one attached hydrogen (secondary N) is 3. The first-order valence-electron chi connectivity index (χ1n) is 6.29. The molecule has 0 unspecified atom stereocenters. The van der Waals surface area contributed by atoms with Gasteiger partial charge < -0.3 is 15.6 Å². The minimum atomic E-state index is -0.732. The molecule has 0 saturated heterocycles. The van der Waals surface area contributed by atoms with Crippen molar-refractivity contribution in [2.45, 2.75) is 25.5 Å². The summed E-state index contributed by atoms with van der Waals surface area (Å²) in [6.45, 7) is 4.84. The highest BCUT2D eigenvalue weighted by atomic mass is 32.2. The molecule has 1 rings (SSSR count). The van der Waals surface area contributed by atoms with Gasteiger partial charge in [-0.2, -0.15) is 11.8 Å². The first-order valence-corrected chi connectivity index (χ1v) is 7.44. The molecule has 0 fully saturated rings. The highest BCUT2D eigenvalue weighted by Gasteiger charge is 2.09. The quantitative estimate of drug-likeness (QED) is 0.229. The molecule has 0 atom stereocenters. The predicted molar refractivity (Wildman–Crippen MR) is 80.3 cm³/mol. The largest absolute Gasteiger partial charge is 0.354 e. The van der Waals surface area contributed by atoms with Crippen molar-refractivity contribution in [2.24, 2.45) is 5.10 Å². The molecule has 0 aromatic carbocycles. The van der Waals surface area contributed by atoms with Crippen LogP contribution in [-0.2, 0) is 5.75 Å². The second kappa shape index (κ2) is 8.41. The standard InChI is InChI=1S/C11H20N6O2S/c1-8(2)10-9(14-7-15-10)6-20-5-4-13-11(12-3)16-17(18)19/h7-8H,4-6H2,1-3H3,(H,14,15)(H2,12,13,16). The molecule has 0 radical (unpaired) electrons. The molecule has 0 aliphatic heterocycles. The molecule has 112 valence electrons. The van der Waals surface area contributed by atoms with Gasteiger partial charge in [0.15, 0.2) is 5.03 Å². The molecule has 1 aromatic heterocycles. The fourth-order valence-corrected chi connectivity index (χ4v) is 2.43. The number of guanidine groups is 1. The molecule has 0 aliphatic carbocycles. The molecule has 1 aromatic rings. The van der Waals surface area contributed by atoms with Crippen molar-refractivity contribution < 1.29 is 5.03 Å². The van der Waals surface area contributed by atoms with Crippen LogP contribution in [0.5, 0.6) is 0 Å². The van der Waals surface area contributed by atoms with E-state index >= 15 is 0 Å². The summed E-state index contributed by atoms with van der Waals surface area (Å²) in [6.07, 6.45) is 1.71. The zero-order chi connectivity index (χ0) is 15.0. The summed E-state index contributed by atoms with van der Waals surface area (Å²) < 4.78 is 0. The lowest BCUT2D eigenvalue weighted by Crippen LogP contribution is -2.36. The zero-order valence-electron chi connectivity index (χ0n) is 11.8. The summed E-state index contributed by atoms with van der Waals surface area (Å²) in [6, 6.07) is 0. The highest BCUT2D eigenvalue weighted by Crippen LogP contribution is 2.19. The van der Waals surface area contributed by atoms with Crippen molar-refractivity contribution in [2.75, 3.05) is 19.3 Å². The number of hydrogen-bond acceptors (Lipinski definition) is 4. The summed E-state index contributed by atoms with van der Waals surface area (Å²) >= 11 is 1.72. The van der Waals surface area contributed by atoms with Gasteiger partial charge in [0.05, 0.1) is 12.0 Å². The molecule has 0 saturated carbocycles. The van der Waals surface area contributed by atoms with Gasteiger partial charge >= 0.3 is 0 Å². The van der Waals surface area contributed by atoms with E-state index in [4.69, 9.17) is 0 Å². The maximum Gasteiger partial charge on any atom is 0.268 e. The molecule has 20 heavy (non-hydrogen) atoms. The van der Waals surface area contributed by atoms with Crippen LogP contribution in [-0.4, -0.2) is 40.3 Å². The van der Waals surface area contributed by atoms with Gasteiger partial charge in [-0.15, -0.1) is 0 Å². The van der Waals surface area contributed by atoms with Crippen molar-refractivity contribution in [3.8, 4) is 0 Å². The topological polar surface area (TPSA) is 108 Å². The van der Waals surface area contributed by atoms with Gasteiger partial charge in [-0.3, -0.25) is 0 Å². The van der Waals surface area contributed by atoms with E-state index < -0.39 is 5.03 Å². The molecular formula is C11H20N6O2S. The third kappa shape index (κ3) is 5.47. The maximum absolute atomic E-state index is 10.2. The Labute approximate surface area is 122 Å². The van der Waals surface area contributed by atoms with Crippen molar-refractivity contribution in [3.63, 3.8) is 0 Å². The number of hydrogen-bond donors (Lipinski definition) is 3.